The van der Waals surface area contributed by atoms with Gasteiger partial charge in [0.1, 0.15) is 23.1 Å². The molecular formula is C26H37ClF2N6O3. The Morgan fingerprint density at radius 3 is 2.63 bits per heavy atom. The number of carbonyl (C=O) groups excluding carboxylic acids is 1. The molecule has 0 N–H and O–H groups in total. The van der Waals surface area contributed by atoms with Crippen LogP contribution in [-0.2, 0) is 4.74 Å². The number of halogens is 3. The number of pyridine rings is 1. The molecule has 4 atom stereocenters. The second-order valence-corrected chi connectivity index (χ2v) is 11.6. The largest absolute Gasteiger partial charge is 0.467 e. The lowest BCUT2D eigenvalue weighted by Crippen LogP contribution is -2.41. The number of carbonyl (C=O) groups is 1. The molecule has 3 aliphatic heterocycles. The minimum Gasteiger partial charge on any atom is -0.467 e. The Morgan fingerprint density at radius 1 is 1.24 bits per heavy atom. The average molecular weight is 555 g/mol. The van der Waals surface area contributed by atoms with Crippen LogP contribution in [0, 0.1) is 5.82 Å². The Balaban J connectivity index is 0.000000311. The van der Waals surface area contributed by atoms with E-state index in [4.69, 9.17) is 21.1 Å². The maximum atomic E-state index is 14.5. The number of hydrogen-bond donors (Lipinski definition) is 0. The highest BCUT2D eigenvalue weighted by Gasteiger charge is 2.38. The molecule has 3 fully saturated rings. The van der Waals surface area contributed by atoms with Crippen LogP contribution in [-0.4, -0.2) is 94.5 Å². The summed E-state index contributed by atoms with van der Waals surface area (Å²) in [5.41, 5.74) is -0.534. The number of methoxy groups -OCH3 is 1. The molecular weight excluding hydrogens is 518 g/mol. The topological polar surface area (TPSA) is 83.9 Å². The van der Waals surface area contributed by atoms with Gasteiger partial charge >= 0.3 is 12.1 Å². The molecule has 2 aromatic rings. The number of fused-ring (bicyclic) bond motifs is 2. The van der Waals surface area contributed by atoms with Gasteiger partial charge in [0.2, 0.25) is 0 Å². The number of likely N-dealkylation sites (N-methyl/N-ethyl adjacent to an activating group) is 1. The van der Waals surface area contributed by atoms with Crippen LogP contribution in [0.2, 0.25) is 5.15 Å². The van der Waals surface area contributed by atoms with Gasteiger partial charge in [-0.3, -0.25) is 4.90 Å². The zero-order valence-corrected chi connectivity index (χ0v) is 23.6. The van der Waals surface area contributed by atoms with Crippen LogP contribution in [0.25, 0.3) is 10.9 Å². The lowest BCUT2D eigenvalue weighted by atomic mass is 10.1. The number of alkyl halides is 1. The van der Waals surface area contributed by atoms with E-state index in [0.717, 1.165) is 13.0 Å². The van der Waals surface area contributed by atoms with Crippen molar-refractivity contribution in [1.29, 1.82) is 0 Å². The molecule has 210 valence electrons. The highest BCUT2D eigenvalue weighted by Crippen LogP contribution is 2.33. The molecule has 3 saturated heterocycles. The fraction of sp³-hybridized carbons (Fsp3) is 0.692. The van der Waals surface area contributed by atoms with Gasteiger partial charge in [-0.25, -0.2) is 18.6 Å². The number of rotatable bonds is 3. The predicted octanol–water partition coefficient (Wildman–Crippen LogP) is 4.85. The van der Waals surface area contributed by atoms with E-state index in [0.29, 0.717) is 36.8 Å². The maximum absolute atomic E-state index is 14.5. The number of amides is 1. The van der Waals surface area contributed by atoms with Gasteiger partial charge < -0.3 is 19.3 Å². The van der Waals surface area contributed by atoms with E-state index in [-0.39, 0.29) is 34.9 Å². The molecule has 3 aliphatic rings. The monoisotopic (exact) mass is 554 g/mol. The quantitative estimate of drug-likeness (QED) is 0.498. The van der Waals surface area contributed by atoms with Crippen molar-refractivity contribution in [3.63, 3.8) is 0 Å². The first-order valence-electron chi connectivity index (χ1n) is 13.0. The summed E-state index contributed by atoms with van der Waals surface area (Å²) in [5.74, 6) is -0.271. The summed E-state index contributed by atoms with van der Waals surface area (Å²) in [6.07, 6.45) is 4.60. The van der Waals surface area contributed by atoms with Gasteiger partial charge in [-0.05, 0) is 59.9 Å². The van der Waals surface area contributed by atoms with Crippen LogP contribution >= 0.6 is 11.6 Å². The van der Waals surface area contributed by atoms with Crippen molar-refractivity contribution in [2.24, 2.45) is 0 Å². The van der Waals surface area contributed by atoms with E-state index in [1.165, 1.54) is 26.1 Å². The molecule has 4 unspecified atom stereocenters. The van der Waals surface area contributed by atoms with Crippen molar-refractivity contribution in [2.45, 2.75) is 83.3 Å². The standard InChI is InChI=1S/C19H25ClFN5O3.C7H12FN/c1-10-7-11(9-26(10)18(27)29-19(2,3)4)25(5)16-12-8-22-15(20)13(21)14(12)23-17(24-16)28-6;8-6-4-7-2-1-3-9(7)5-6/h8,10-11H,7,9H2,1-6H3;6-7H,1-5H2. The number of ether oxygens (including phenoxy) is 2. The third-order valence-corrected chi connectivity index (χ3v) is 7.57. The molecule has 0 radical (unpaired) electrons. The third-order valence-electron chi connectivity index (χ3n) is 7.31. The van der Waals surface area contributed by atoms with Crippen LogP contribution in [0.4, 0.5) is 19.4 Å². The Hall–Kier alpha value is -2.53. The van der Waals surface area contributed by atoms with Crippen molar-refractivity contribution < 1.29 is 23.0 Å². The Labute approximate surface area is 227 Å². The Morgan fingerprint density at radius 2 is 1.97 bits per heavy atom. The highest BCUT2D eigenvalue weighted by molar-refractivity contribution is 6.30. The van der Waals surface area contributed by atoms with E-state index >= 15 is 0 Å². The minimum atomic E-state index is -0.727. The molecule has 0 saturated carbocycles. The van der Waals surface area contributed by atoms with Crippen LogP contribution in [0.5, 0.6) is 6.01 Å². The summed E-state index contributed by atoms with van der Waals surface area (Å²) in [7, 11) is 3.25. The molecule has 9 nitrogen and oxygen atoms in total. The summed E-state index contributed by atoms with van der Waals surface area (Å²) >= 11 is 5.81. The number of aromatic nitrogens is 3. The summed E-state index contributed by atoms with van der Waals surface area (Å²) in [4.78, 5) is 30.8. The van der Waals surface area contributed by atoms with Crippen molar-refractivity contribution in [2.75, 3.05) is 38.7 Å². The Bertz CT molecular complexity index is 1150. The van der Waals surface area contributed by atoms with Gasteiger partial charge in [-0.15, -0.1) is 0 Å². The highest BCUT2D eigenvalue weighted by atomic mass is 35.5. The molecule has 38 heavy (non-hydrogen) atoms. The average Bonchev–Trinajstić information content (AvgIpc) is 3.54. The molecule has 2 aromatic heterocycles. The van der Waals surface area contributed by atoms with E-state index in [1.807, 2.05) is 39.6 Å². The van der Waals surface area contributed by atoms with Gasteiger partial charge in [-0.1, -0.05) is 11.6 Å². The number of hydrogen-bond acceptors (Lipinski definition) is 8. The lowest BCUT2D eigenvalue weighted by Gasteiger charge is -2.28. The van der Waals surface area contributed by atoms with Crippen LogP contribution in [0.15, 0.2) is 6.20 Å². The van der Waals surface area contributed by atoms with Crippen molar-refractivity contribution in [3.05, 3.63) is 17.2 Å². The minimum absolute atomic E-state index is 0.0170. The fourth-order valence-electron chi connectivity index (χ4n) is 5.42. The normalized spacial score (nSPS) is 25.2. The van der Waals surface area contributed by atoms with Crippen LogP contribution in [0.3, 0.4) is 0 Å². The van der Waals surface area contributed by atoms with Gasteiger partial charge in [0, 0.05) is 44.5 Å². The van der Waals surface area contributed by atoms with Gasteiger partial charge in [0.15, 0.2) is 11.0 Å². The summed E-state index contributed by atoms with van der Waals surface area (Å²) < 4.78 is 37.8. The van der Waals surface area contributed by atoms with Crippen molar-refractivity contribution in [1.82, 2.24) is 24.8 Å². The predicted molar refractivity (Wildman–Crippen MR) is 142 cm³/mol. The second-order valence-electron chi connectivity index (χ2n) is 11.3. The maximum Gasteiger partial charge on any atom is 0.410 e. The van der Waals surface area contributed by atoms with Gasteiger partial charge in [-0.2, -0.15) is 9.97 Å². The molecule has 12 heteroatoms. The summed E-state index contributed by atoms with van der Waals surface area (Å²) in [6, 6.07) is 0.561. The molecule has 0 aliphatic carbocycles. The van der Waals surface area contributed by atoms with E-state index in [9.17, 15) is 13.6 Å². The van der Waals surface area contributed by atoms with E-state index in [2.05, 4.69) is 19.9 Å². The first-order chi connectivity index (χ1) is 17.9. The molecule has 5 rings (SSSR count). The molecule has 5 heterocycles. The molecule has 0 spiro atoms. The first kappa shape index (κ1) is 28.5. The van der Waals surface area contributed by atoms with Gasteiger partial charge in [0.05, 0.1) is 12.5 Å². The first-order valence-corrected chi connectivity index (χ1v) is 13.4. The summed E-state index contributed by atoms with van der Waals surface area (Å²) in [6.45, 7) is 9.78. The van der Waals surface area contributed by atoms with Gasteiger partial charge in [0.25, 0.3) is 0 Å². The third kappa shape index (κ3) is 6.20. The zero-order chi connectivity index (χ0) is 27.8. The summed E-state index contributed by atoms with van der Waals surface area (Å²) in [5, 5.41) is 0.149. The smallest absolute Gasteiger partial charge is 0.410 e. The van der Waals surface area contributed by atoms with Crippen molar-refractivity contribution in [3.8, 4) is 6.01 Å². The number of nitrogens with zero attached hydrogens (tertiary/aromatic N) is 6. The SMILES string of the molecule is COc1nc(N(C)C2CC(C)N(C(=O)OC(C)(C)C)C2)c2cnc(Cl)c(F)c2n1.FC1CC2CCCN2C1. The second kappa shape index (κ2) is 11.3. The molecule has 0 bridgehead atoms. The fourth-order valence-corrected chi connectivity index (χ4v) is 5.56. The van der Waals surface area contributed by atoms with E-state index < -0.39 is 17.6 Å². The number of anilines is 1. The number of likely N-dealkylation sites (tertiary alicyclic amines) is 1. The van der Waals surface area contributed by atoms with Crippen LogP contribution in [0.1, 0.15) is 53.4 Å². The van der Waals surface area contributed by atoms with Crippen molar-refractivity contribution >= 4 is 34.4 Å². The van der Waals surface area contributed by atoms with E-state index in [1.54, 1.807) is 4.90 Å². The molecule has 1 amide bonds. The lowest BCUT2D eigenvalue weighted by molar-refractivity contribution is 0.0237. The molecule has 0 aromatic carbocycles. The van der Waals surface area contributed by atoms with Crippen LogP contribution < -0.4 is 9.64 Å². The zero-order valence-electron chi connectivity index (χ0n) is 22.9. The Kier molecular flexibility index (Phi) is 8.46.